The van der Waals surface area contributed by atoms with E-state index in [-0.39, 0.29) is 23.6 Å². The lowest BCUT2D eigenvalue weighted by molar-refractivity contribution is 0.208. The first-order valence-corrected chi connectivity index (χ1v) is 12.8. The molecule has 1 aromatic heterocycles. The summed E-state index contributed by atoms with van der Waals surface area (Å²) in [4.78, 5) is 16.8. The summed E-state index contributed by atoms with van der Waals surface area (Å²) in [5.41, 5.74) is 3.52. The van der Waals surface area contributed by atoms with E-state index < -0.39 is 9.84 Å². The minimum Gasteiger partial charge on any atom is -0.497 e. The fourth-order valence-corrected chi connectivity index (χ4v) is 6.34. The summed E-state index contributed by atoms with van der Waals surface area (Å²) in [6.45, 7) is 6.42. The Balaban J connectivity index is 1.41. The molecule has 1 N–H and O–H groups in total. The summed E-state index contributed by atoms with van der Waals surface area (Å²) in [6.07, 6.45) is 0.604. The average Bonchev–Trinajstić information content (AvgIpc) is 3.31. The normalized spacial score (nSPS) is 20.1. The lowest BCUT2D eigenvalue weighted by Gasteiger charge is -2.36. The molecule has 0 saturated carbocycles. The molecule has 10 nitrogen and oxygen atoms in total. The Kier molecular flexibility index (Phi) is 6.42. The zero-order valence-corrected chi connectivity index (χ0v) is 20.3. The SMILES string of the molecule is COc1cc(NC(=O)N2CCN(c3c(C)nn(C4CCS(=O)(=O)C4)c3C)CC2)cc(OC)c1. The number of hydrogen-bond donors (Lipinski definition) is 1. The molecule has 1 aromatic carbocycles. The molecule has 2 aliphatic heterocycles. The molecule has 4 rings (SSSR count). The van der Waals surface area contributed by atoms with Gasteiger partial charge in [-0.05, 0) is 20.3 Å². The molecule has 2 aliphatic rings. The van der Waals surface area contributed by atoms with E-state index in [2.05, 4.69) is 15.3 Å². The second-order valence-electron chi connectivity index (χ2n) is 8.53. The summed E-state index contributed by atoms with van der Waals surface area (Å²) in [5, 5.41) is 7.59. The standard InChI is InChI=1S/C22H31N5O5S/c1-15-21(16(2)27(24-15)18-5-10-33(29,30)14-18)25-6-8-26(9-7-25)22(28)23-17-11-19(31-3)13-20(12-17)32-4/h11-13,18H,5-10,14H2,1-4H3,(H,23,28). The van der Waals surface area contributed by atoms with Gasteiger partial charge in [-0.15, -0.1) is 0 Å². The Bertz CT molecular complexity index is 1120. The maximum Gasteiger partial charge on any atom is 0.321 e. The highest BCUT2D eigenvalue weighted by Crippen LogP contribution is 2.32. The zero-order chi connectivity index (χ0) is 23.8. The van der Waals surface area contributed by atoms with Crippen molar-refractivity contribution in [1.82, 2.24) is 14.7 Å². The molecule has 0 radical (unpaired) electrons. The highest BCUT2D eigenvalue weighted by atomic mass is 32.2. The lowest BCUT2D eigenvalue weighted by atomic mass is 10.2. The van der Waals surface area contributed by atoms with Crippen LogP contribution in [0.15, 0.2) is 18.2 Å². The number of aromatic nitrogens is 2. The summed E-state index contributed by atoms with van der Waals surface area (Å²) >= 11 is 0. The van der Waals surface area contributed by atoms with Gasteiger partial charge in [0, 0.05) is 50.1 Å². The number of carbonyl (C=O) groups is 1. The largest absolute Gasteiger partial charge is 0.497 e. The third-order valence-corrected chi connectivity index (χ3v) is 8.08. The number of anilines is 2. The van der Waals surface area contributed by atoms with E-state index in [1.165, 1.54) is 0 Å². The maximum absolute atomic E-state index is 12.8. The van der Waals surface area contributed by atoms with Crippen LogP contribution in [0.3, 0.4) is 0 Å². The van der Waals surface area contributed by atoms with Gasteiger partial charge in [0.05, 0.1) is 48.8 Å². The van der Waals surface area contributed by atoms with Crippen LogP contribution in [0, 0.1) is 13.8 Å². The molecule has 2 aromatic rings. The number of amides is 2. The number of aryl methyl sites for hydroxylation is 1. The predicted molar refractivity (Wildman–Crippen MR) is 126 cm³/mol. The van der Waals surface area contributed by atoms with Crippen molar-refractivity contribution in [2.75, 3.05) is 62.1 Å². The van der Waals surface area contributed by atoms with Crippen LogP contribution in [-0.2, 0) is 9.84 Å². The van der Waals surface area contributed by atoms with E-state index in [0.29, 0.717) is 49.8 Å². The van der Waals surface area contributed by atoms with Gasteiger partial charge in [0.2, 0.25) is 0 Å². The maximum atomic E-state index is 12.8. The summed E-state index contributed by atoms with van der Waals surface area (Å²) in [6, 6.07) is 4.97. The molecule has 0 bridgehead atoms. The number of ether oxygens (including phenoxy) is 2. The molecule has 2 saturated heterocycles. The molecule has 0 spiro atoms. The van der Waals surface area contributed by atoms with Crippen molar-refractivity contribution in [1.29, 1.82) is 0 Å². The highest BCUT2D eigenvalue weighted by Gasteiger charge is 2.33. The highest BCUT2D eigenvalue weighted by molar-refractivity contribution is 7.91. The molecule has 2 fully saturated rings. The second kappa shape index (κ2) is 9.12. The first-order valence-electron chi connectivity index (χ1n) is 11.0. The third-order valence-electron chi connectivity index (χ3n) is 6.33. The minimum atomic E-state index is -2.98. The van der Waals surface area contributed by atoms with Crippen LogP contribution in [0.25, 0.3) is 0 Å². The molecular weight excluding hydrogens is 446 g/mol. The topological polar surface area (TPSA) is 106 Å². The summed E-state index contributed by atoms with van der Waals surface area (Å²) in [5.74, 6) is 1.58. The van der Waals surface area contributed by atoms with Crippen LogP contribution in [0.1, 0.15) is 23.9 Å². The van der Waals surface area contributed by atoms with Gasteiger partial charge in [-0.3, -0.25) is 4.68 Å². The van der Waals surface area contributed by atoms with Crippen molar-refractivity contribution in [2.24, 2.45) is 0 Å². The van der Waals surface area contributed by atoms with Gasteiger partial charge < -0.3 is 24.6 Å². The van der Waals surface area contributed by atoms with Crippen molar-refractivity contribution in [3.63, 3.8) is 0 Å². The predicted octanol–water partition coefficient (Wildman–Crippen LogP) is 2.23. The van der Waals surface area contributed by atoms with Crippen LogP contribution >= 0.6 is 0 Å². The summed E-state index contributed by atoms with van der Waals surface area (Å²) < 4.78 is 36.2. The van der Waals surface area contributed by atoms with Crippen molar-refractivity contribution in [3.05, 3.63) is 29.6 Å². The Hall–Kier alpha value is -2.95. The van der Waals surface area contributed by atoms with E-state index in [1.807, 2.05) is 18.5 Å². The van der Waals surface area contributed by atoms with Crippen LogP contribution < -0.4 is 19.7 Å². The van der Waals surface area contributed by atoms with Gasteiger partial charge in [-0.2, -0.15) is 5.10 Å². The van der Waals surface area contributed by atoms with Gasteiger partial charge in [0.15, 0.2) is 9.84 Å². The second-order valence-corrected chi connectivity index (χ2v) is 10.8. The van der Waals surface area contributed by atoms with E-state index in [4.69, 9.17) is 9.47 Å². The van der Waals surface area contributed by atoms with Crippen LogP contribution in [0.5, 0.6) is 11.5 Å². The number of benzene rings is 1. The quantitative estimate of drug-likeness (QED) is 0.704. The van der Waals surface area contributed by atoms with Crippen LogP contribution in [0.4, 0.5) is 16.2 Å². The van der Waals surface area contributed by atoms with Gasteiger partial charge in [-0.25, -0.2) is 13.2 Å². The fourth-order valence-electron chi connectivity index (χ4n) is 4.65. The molecule has 3 heterocycles. The van der Waals surface area contributed by atoms with Gasteiger partial charge >= 0.3 is 6.03 Å². The van der Waals surface area contributed by atoms with Crippen molar-refractivity contribution >= 4 is 27.2 Å². The fraction of sp³-hybridized carbons (Fsp3) is 0.545. The first-order chi connectivity index (χ1) is 15.7. The van der Waals surface area contributed by atoms with Crippen molar-refractivity contribution < 1.29 is 22.7 Å². The number of nitrogens with one attached hydrogen (secondary N) is 1. The Morgan fingerprint density at radius 3 is 2.24 bits per heavy atom. The number of rotatable bonds is 5. The molecule has 2 amide bonds. The zero-order valence-electron chi connectivity index (χ0n) is 19.5. The van der Waals surface area contributed by atoms with E-state index in [1.54, 1.807) is 37.3 Å². The smallest absolute Gasteiger partial charge is 0.321 e. The Morgan fingerprint density at radius 2 is 1.70 bits per heavy atom. The lowest BCUT2D eigenvalue weighted by Crippen LogP contribution is -2.50. The molecule has 180 valence electrons. The molecule has 33 heavy (non-hydrogen) atoms. The number of nitrogens with zero attached hydrogens (tertiary/aromatic N) is 4. The van der Waals surface area contributed by atoms with Gasteiger partial charge in [0.25, 0.3) is 0 Å². The monoisotopic (exact) mass is 477 g/mol. The number of sulfone groups is 1. The minimum absolute atomic E-state index is 0.102. The number of hydrogen-bond acceptors (Lipinski definition) is 7. The summed E-state index contributed by atoms with van der Waals surface area (Å²) in [7, 11) is 0.152. The van der Waals surface area contributed by atoms with Crippen molar-refractivity contribution in [2.45, 2.75) is 26.3 Å². The number of piperazine rings is 1. The van der Waals surface area contributed by atoms with Gasteiger partial charge in [0.1, 0.15) is 11.5 Å². The molecular formula is C22H31N5O5S. The van der Waals surface area contributed by atoms with Crippen molar-refractivity contribution in [3.8, 4) is 11.5 Å². The molecule has 11 heteroatoms. The van der Waals surface area contributed by atoms with Gasteiger partial charge in [-0.1, -0.05) is 0 Å². The first kappa shape index (κ1) is 23.2. The number of urea groups is 1. The number of methoxy groups -OCH3 is 2. The Morgan fingerprint density at radius 1 is 1.06 bits per heavy atom. The van der Waals surface area contributed by atoms with E-state index >= 15 is 0 Å². The third kappa shape index (κ3) is 4.87. The molecule has 0 aliphatic carbocycles. The Labute approximate surface area is 194 Å². The van der Waals surface area contributed by atoms with Crippen LogP contribution in [0.2, 0.25) is 0 Å². The molecule has 1 unspecified atom stereocenters. The average molecular weight is 478 g/mol. The number of carbonyl (C=O) groups excluding carboxylic acids is 1. The molecule has 1 atom stereocenters. The van der Waals surface area contributed by atoms with E-state index in [9.17, 15) is 13.2 Å². The van der Waals surface area contributed by atoms with E-state index in [0.717, 1.165) is 17.1 Å². The van der Waals surface area contributed by atoms with Crippen LogP contribution in [-0.4, -0.2) is 81.0 Å².